The molecule has 1 saturated heterocycles. The molecule has 20 heavy (non-hydrogen) atoms. The number of likely N-dealkylation sites (tertiary alicyclic amines) is 1. The van der Waals surface area contributed by atoms with E-state index in [0.29, 0.717) is 5.75 Å². The van der Waals surface area contributed by atoms with Crippen molar-refractivity contribution in [3.8, 4) is 5.75 Å². The molecule has 2 rings (SSSR count). The van der Waals surface area contributed by atoms with Gasteiger partial charge in [0, 0.05) is 12.5 Å². The van der Waals surface area contributed by atoms with Crippen molar-refractivity contribution in [1.29, 1.82) is 0 Å². The highest BCUT2D eigenvalue weighted by molar-refractivity contribution is 5.87. The first kappa shape index (κ1) is 14.4. The molecule has 0 aromatic heterocycles. The summed E-state index contributed by atoms with van der Waals surface area (Å²) in [5.41, 5.74) is 0.802. The van der Waals surface area contributed by atoms with E-state index in [1.807, 2.05) is 26.0 Å². The maximum atomic E-state index is 12.1. The summed E-state index contributed by atoms with van der Waals surface area (Å²) in [4.78, 5) is 25.2. The monoisotopic (exact) mass is 277 g/mol. The summed E-state index contributed by atoms with van der Waals surface area (Å²) in [6.45, 7) is 3.80. The largest absolute Gasteiger partial charge is 0.497 e. The lowest BCUT2D eigenvalue weighted by Gasteiger charge is -2.30. The molecule has 0 saturated carbocycles. The van der Waals surface area contributed by atoms with Crippen LogP contribution < -0.4 is 4.74 Å². The molecule has 1 N–H and O–H groups in total. The molecule has 0 unspecified atom stereocenters. The van der Waals surface area contributed by atoms with E-state index in [1.54, 1.807) is 24.1 Å². The van der Waals surface area contributed by atoms with E-state index in [-0.39, 0.29) is 18.4 Å². The van der Waals surface area contributed by atoms with E-state index in [4.69, 9.17) is 4.74 Å². The van der Waals surface area contributed by atoms with Crippen molar-refractivity contribution in [2.24, 2.45) is 5.92 Å². The molecule has 1 aliphatic rings. The molecule has 1 aromatic rings. The fraction of sp³-hybridized carbons (Fsp3) is 0.467. The maximum Gasteiger partial charge on any atom is 0.309 e. The molecule has 5 nitrogen and oxygen atoms in total. The molecule has 1 aromatic carbocycles. The van der Waals surface area contributed by atoms with Gasteiger partial charge in [-0.3, -0.25) is 9.59 Å². The van der Waals surface area contributed by atoms with Crippen molar-refractivity contribution >= 4 is 11.9 Å². The molecule has 0 bridgehead atoms. The van der Waals surface area contributed by atoms with Crippen LogP contribution in [0, 0.1) is 5.92 Å². The van der Waals surface area contributed by atoms with Crippen molar-refractivity contribution in [1.82, 2.24) is 4.90 Å². The fourth-order valence-electron chi connectivity index (χ4n) is 2.80. The van der Waals surface area contributed by atoms with E-state index in [2.05, 4.69) is 0 Å². The summed E-state index contributed by atoms with van der Waals surface area (Å²) < 4.78 is 5.18. The van der Waals surface area contributed by atoms with Gasteiger partial charge >= 0.3 is 5.97 Å². The lowest BCUT2D eigenvalue weighted by Crippen LogP contribution is -2.36. The maximum absolute atomic E-state index is 12.1. The minimum atomic E-state index is -0.936. The summed E-state index contributed by atoms with van der Waals surface area (Å²) in [5, 5.41) is 9.38. The molecular formula is C15H19NO4. The first-order valence-electron chi connectivity index (χ1n) is 6.63. The van der Waals surface area contributed by atoms with Crippen LogP contribution in [0.15, 0.2) is 24.3 Å². The average molecular weight is 277 g/mol. The number of methoxy groups -OCH3 is 1. The second-order valence-electron chi connectivity index (χ2n) is 5.27. The quantitative estimate of drug-likeness (QED) is 0.915. The number of carboxylic acid groups (broad SMARTS) is 1. The van der Waals surface area contributed by atoms with Crippen LogP contribution in [0.2, 0.25) is 0 Å². The van der Waals surface area contributed by atoms with Gasteiger partial charge in [-0.15, -0.1) is 0 Å². The number of benzene rings is 1. The zero-order valence-electron chi connectivity index (χ0n) is 11.9. The summed E-state index contributed by atoms with van der Waals surface area (Å²) in [6.07, 6.45) is 0.0510. The molecule has 108 valence electrons. The average Bonchev–Trinajstić information content (AvgIpc) is 2.76. The van der Waals surface area contributed by atoms with Gasteiger partial charge in [0.05, 0.1) is 19.1 Å². The summed E-state index contributed by atoms with van der Waals surface area (Å²) in [7, 11) is 1.56. The van der Waals surface area contributed by atoms with Crippen LogP contribution in [-0.4, -0.2) is 35.0 Å². The standard InChI is InChI=1S/C15H19NO4/c1-9(2)16-13(17)8-12(15(18)19)14(16)10-5-4-6-11(7-10)20-3/h4-7,9,12,14H,8H2,1-3H3,(H,18,19)/t12-,14+/m0/s1. The molecule has 0 radical (unpaired) electrons. The van der Waals surface area contributed by atoms with Gasteiger partial charge < -0.3 is 14.7 Å². The molecule has 1 amide bonds. The van der Waals surface area contributed by atoms with Crippen LogP contribution in [0.25, 0.3) is 0 Å². The highest BCUT2D eigenvalue weighted by Crippen LogP contribution is 2.40. The van der Waals surface area contributed by atoms with Gasteiger partial charge in [-0.25, -0.2) is 0 Å². The predicted molar refractivity (Wildman–Crippen MR) is 73.5 cm³/mol. The Bertz CT molecular complexity index is 526. The van der Waals surface area contributed by atoms with Crippen LogP contribution in [0.4, 0.5) is 0 Å². The van der Waals surface area contributed by atoms with Crippen LogP contribution in [0.5, 0.6) is 5.75 Å². The van der Waals surface area contributed by atoms with Gasteiger partial charge in [-0.2, -0.15) is 0 Å². The zero-order chi connectivity index (χ0) is 14.9. The zero-order valence-corrected chi connectivity index (χ0v) is 11.9. The van der Waals surface area contributed by atoms with E-state index >= 15 is 0 Å². The molecule has 0 aliphatic carbocycles. The third-order valence-electron chi connectivity index (χ3n) is 3.67. The summed E-state index contributed by atoms with van der Waals surface area (Å²) in [6, 6.07) is 6.79. The van der Waals surface area contributed by atoms with Crippen molar-refractivity contribution in [2.75, 3.05) is 7.11 Å². The Hall–Kier alpha value is -2.04. The topological polar surface area (TPSA) is 66.8 Å². The van der Waals surface area contributed by atoms with E-state index in [0.717, 1.165) is 5.56 Å². The summed E-state index contributed by atoms with van der Waals surface area (Å²) >= 11 is 0. The Morgan fingerprint density at radius 1 is 1.45 bits per heavy atom. The Morgan fingerprint density at radius 3 is 2.70 bits per heavy atom. The highest BCUT2D eigenvalue weighted by atomic mass is 16.5. The first-order valence-corrected chi connectivity index (χ1v) is 6.63. The van der Waals surface area contributed by atoms with E-state index in [1.165, 1.54) is 0 Å². The third kappa shape index (κ3) is 2.48. The second kappa shape index (κ2) is 5.53. The molecule has 5 heteroatoms. The van der Waals surface area contributed by atoms with Gasteiger partial charge in [-0.1, -0.05) is 12.1 Å². The van der Waals surface area contributed by atoms with Crippen molar-refractivity contribution in [2.45, 2.75) is 32.4 Å². The van der Waals surface area contributed by atoms with Gasteiger partial charge in [0.1, 0.15) is 5.75 Å². The first-order chi connectivity index (χ1) is 9.45. The molecule has 1 heterocycles. The Balaban J connectivity index is 2.46. The number of rotatable bonds is 4. The van der Waals surface area contributed by atoms with Crippen molar-refractivity contribution < 1.29 is 19.4 Å². The molecule has 2 atom stereocenters. The van der Waals surface area contributed by atoms with E-state index in [9.17, 15) is 14.7 Å². The number of hydrogen-bond acceptors (Lipinski definition) is 3. The van der Waals surface area contributed by atoms with E-state index < -0.39 is 17.9 Å². The molecule has 1 aliphatic heterocycles. The van der Waals surface area contributed by atoms with Gasteiger partial charge in [0.15, 0.2) is 0 Å². The number of aliphatic carboxylic acids is 1. The Labute approximate surface area is 118 Å². The van der Waals surface area contributed by atoms with Crippen molar-refractivity contribution in [3.63, 3.8) is 0 Å². The SMILES string of the molecule is COc1cccc([C@@H]2[C@@H](C(=O)O)CC(=O)N2C(C)C)c1. The van der Waals surface area contributed by atoms with Gasteiger partial charge in [0.25, 0.3) is 0 Å². The molecular weight excluding hydrogens is 258 g/mol. The molecule has 0 spiro atoms. The number of carbonyl (C=O) groups excluding carboxylic acids is 1. The van der Waals surface area contributed by atoms with Crippen LogP contribution >= 0.6 is 0 Å². The minimum absolute atomic E-state index is 0.0388. The van der Waals surface area contributed by atoms with Crippen LogP contribution in [-0.2, 0) is 9.59 Å². The number of ether oxygens (including phenoxy) is 1. The summed E-state index contributed by atoms with van der Waals surface area (Å²) in [5.74, 6) is -1.10. The van der Waals surface area contributed by atoms with Crippen LogP contribution in [0.1, 0.15) is 31.9 Å². The highest BCUT2D eigenvalue weighted by Gasteiger charge is 2.45. The number of amides is 1. The number of carbonyl (C=O) groups is 2. The Morgan fingerprint density at radius 2 is 2.15 bits per heavy atom. The molecule has 1 fully saturated rings. The van der Waals surface area contributed by atoms with Crippen molar-refractivity contribution in [3.05, 3.63) is 29.8 Å². The second-order valence-corrected chi connectivity index (χ2v) is 5.27. The lowest BCUT2D eigenvalue weighted by atomic mass is 9.93. The lowest BCUT2D eigenvalue weighted by molar-refractivity contribution is -0.142. The smallest absolute Gasteiger partial charge is 0.309 e. The number of nitrogens with zero attached hydrogens (tertiary/aromatic N) is 1. The van der Waals surface area contributed by atoms with Gasteiger partial charge in [0.2, 0.25) is 5.91 Å². The minimum Gasteiger partial charge on any atom is -0.497 e. The number of carboxylic acids is 1. The number of hydrogen-bond donors (Lipinski definition) is 1. The fourth-order valence-corrected chi connectivity index (χ4v) is 2.80. The normalized spacial score (nSPS) is 22.4. The van der Waals surface area contributed by atoms with Gasteiger partial charge in [-0.05, 0) is 31.5 Å². The predicted octanol–water partition coefficient (Wildman–Crippen LogP) is 2.08. The van der Waals surface area contributed by atoms with Crippen LogP contribution in [0.3, 0.4) is 0 Å². The Kier molecular flexibility index (Phi) is 3.97. The third-order valence-corrected chi connectivity index (χ3v) is 3.67.